The van der Waals surface area contributed by atoms with Gasteiger partial charge in [0.05, 0.1) is 0 Å². The van der Waals surface area contributed by atoms with Crippen LogP contribution in [0.1, 0.15) is 39.0 Å². The standard InChI is InChI=1S/C13H26N2O/c1-11(5-8-16)10-14-12-4-7-15-6-2-3-13(15)9-12/h11-14,16H,2-10H2,1H3. The van der Waals surface area contributed by atoms with Crippen LogP contribution in [-0.2, 0) is 0 Å². The minimum Gasteiger partial charge on any atom is -0.396 e. The fraction of sp³-hybridized carbons (Fsp3) is 1.00. The number of hydrogen-bond donors (Lipinski definition) is 2. The fourth-order valence-electron chi connectivity index (χ4n) is 3.10. The molecule has 3 nitrogen and oxygen atoms in total. The van der Waals surface area contributed by atoms with Crippen molar-refractivity contribution in [3.8, 4) is 0 Å². The van der Waals surface area contributed by atoms with E-state index in [0.717, 1.165) is 25.0 Å². The van der Waals surface area contributed by atoms with Gasteiger partial charge in [-0.15, -0.1) is 0 Å². The molecule has 3 unspecified atom stereocenters. The highest BCUT2D eigenvalue weighted by atomic mass is 16.3. The van der Waals surface area contributed by atoms with Crippen LogP contribution in [0, 0.1) is 5.92 Å². The Labute approximate surface area is 99.2 Å². The highest BCUT2D eigenvalue weighted by Crippen LogP contribution is 2.26. The minimum atomic E-state index is 0.323. The molecule has 2 N–H and O–H groups in total. The van der Waals surface area contributed by atoms with E-state index in [9.17, 15) is 0 Å². The van der Waals surface area contributed by atoms with Crippen LogP contribution in [0.4, 0.5) is 0 Å². The van der Waals surface area contributed by atoms with Crippen LogP contribution in [0.3, 0.4) is 0 Å². The normalized spacial score (nSPS) is 32.6. The van der Waals surface area contributed by atoms with Crippen molar-refractivity contribution in [2.45, 2.75) is 51.1 Å². The second-order valence-corrected chi connectivity index (χ2v) is 5.58. The van der Waals surface area contributed by atoms with Crippen LogP contribution in [0.15, 0.2) is 0 Å². The van der Waals surface area contributed by atoms with Gasteiger partial charge in [-0.1, -0.05) is 6.92 Å². The Hall–Kier alpha value is -0.120. The molecule has 16 heavy (non-hydrogen) atoms. The van der Waals surface area contributed by atoms with Gasteiger partial charge < -0.3 is 15.3 Å². The molecule has 2 rings (SSSR count). The van der Waals surface area contributed by atoms with Gasteiger partial charge in [0.15, 0.2) is 0 Å². The summed E-state index contributed by atoms with van der Waals surface area (Å²) in [7, 11) is 0. The lowest BCUT2D eigenvalue weighted by molar-refractivity contribution is 0.163. The largest absolute Gasteiger partial charge is 0.396 e. The van der Waals surface area contributed by atoms with Gasteiger partial charge >= 0.3 is 0 Å². The summed E-state index contributed by atoms with van der Waals surface area (Å²) in [4.78, 5) is 2.66. The monoisotopic (exact) mass is 226 g/mol. The molecular weight excluding hydrogens is 200 g/mol. The fourth-order valence-corrected chi connectivity index (χ4v) is 3.10. The molecule has 2 heterocycles. The zero-order valence-electron chi connectivity index (χ0n) is 10.5. The van der Waals surface area contributed by atoms with E-state index in [1.807, 2.05) is 0 Å². The van der Waals surface area contributed by atoms with Crippen molar-refractivity contribution in [3.63, 3.8) is 0 Å². The third-order valence-corrected chi connectivity index (χ3v) is 4.20. The number of fused-ring (bicyclic) bond motifs is 1. The van der Waals surface area contributed by atoms with Crippen molar-refractivity contribution in [2.75, 3.05) is 26.2 Å². The van der Waals surface area contributed by atoms with E-state index < -0.39 is 0 Å². The SMILES string of the molecule is CC(CCO)CNC1CCN2CCCC2C1. The topological polar surface area (TPSA) is 35.5 Å². The Morgan fingerprint density at radius 2 is 2.25 bits per heavy atom. The molecule has 0 radical (unpaired) electrons. The van der Waals surface area contributed by atoms with E-state index in [1.165, 1.54) is 38.8 Å². The third-order valence-electron chi connectivity index (χ3n) is 4.20. The van der Waals surface area contributed by atoms with Crippen molar-refractivity contribution < 1.29 is 5.11 Å². The van der Waals surface area contributed by atoms with Gasteiger partial charge in [-0.2, -0.15) is 0 Å². The van der Waals surface area contributed by atoms with Crippen LogP contribution >= 0.6 is 0 Å². The molecule has 94 valence electrons. The molecule has 0 aromatic rings. The van der Waals surface area contributed by atoms with Crippen molar-refractivity contribution >= 4 is 0 Å². The van der Waals surface area contributed by atoms with Crippen molar-refractivity contribution in [3.05, 3.63) is 0 Å². The zero-order valence-corrected chi connectivity index (χ0v) is 10.5. The summed E-state index contributed by atoms with van der Waals surface area (Å²) in [5.41, 5.74) is 0. The number of aliphatic hydroxyl groups is 1. The highest BCUT2D eigenvalue weighted by Gasteiger charge is 2.31. The quantitative estimate of drug-likeness (QED) is 0.740. The second kappa shape index (κ2) is 5.99. The van der Waals surface area contributed by atoms with Gasteiger partial charge in [0.25, 0.3) is 0 Å². The molecule has 0 aromatic carbocycles. The summed E-state index contributed by atoms with van der Waals surface area (Å²) < 4.78 is 0. The molecule has 2 aliphatic heterocycles. The van der Waals surface area contributed by atoms with Gasteiger partial charge in [0, 0.05) is 18.7 Å². The molecule has 0 saturated carbocycles. The predicted molar refractivity (Wildman–Crippen MR) is 66.5 cm³/mol. The molecule has 3 atom stereocenters. The summed E-state index contributed by atoms with van der Waals surface area (Å²) in [5, 5.41) is 12.5. The van der Waals surface area contributed by atoms with E-state index in [1.54, 1.807) is 0 Å². The maximum absolute atomic E-state index is 8.86. The number of rotatable bonds is 5. The van der Waals surface area contributed by atoms with E-state index in [2.05, 4.69) is 17.1 Å². The lowest BCUT2D eigenvalue weighted by Crippen LogP contribution is -2.46. The summed E-state index contributed by atoms with van der Waals surface area (Å²) >= 11 is 0. The van der Waals surface area contributed by atoms with Gasteiger partial charge in [-0.25, -0.2) is 0 Å². The summed E-state index contributed by atoms with van der Waals surface area (Å²) in [6, 6.07) is 1.58. The minimum absolute atomic E-state index is 0.323. The molecular formula is C13H26N2O. The van der Waals surface area contributed by atoms with Gasteiger partial charge in [-0.3, -0.25) is 0 Å². The van der Waals surface area contributed by atoms with Crippen LogP contribution in [0.2, 0.25) is 0 Å². The number of aliphatic hydroxyl groups excluding tert-OH is 1. The average molecular weight is 226 g/mol. The van der Waals surface area contributed by atoms with Crippen LogP contribution in [-0.4, -0.2) is 48.3 Å². The smallest absolute Gasteiger partial charge is 0.0434 e. The molecule has 3 heteroatoms. The van der Waals surface area contributed by atoms with Crippen molar-refractivity contribution in [1.82, 2.24) is 10.2 Å². The number of hydrogen-bond acceptors (Lipinski definition) is 3. The highest BCUT2D eigenvalue weighted by molar-refractivity contribution is 4.89. The zero-order chi connectivity index (χ0) is 11.4. The number of nitrogens with zero attached hydrogens (tertiary/aromatic N) is 1. The first-order chi connectivity index (χ1) is 7.79. The number of nitrogens with one attached hydrogen (secondary N) is 1. The van der Waals surface area contributed by atoms with Crippen molar-refractivity contribution in [1.29, 1.82) is 0 Å². The van der Waals surface area contributed by atoms with Gasteiger partial charge in [0.1, 0.15) is 0 Å². The van der Waals surface area contributed by atoms with E-state index in [-0.39, 0.29) is 0 Å². The third kappa shape index (κ3) is 3.19. The maximum Gasteiger partial charge on any atom is 0.0434 e. The first-order valence-corrected chi connectivity index (χ1v) is 6.88. The van der Waals surface area contributed by atoms with E-state index >= 15 is 0 Å². The summed E-state index contributed by atoms with van der Waals surface area (Å²) in [6.45, 7) is 6.23. The lowest BCUT2D eigenvalue weighted by atomic mass is 9.97. The molecule has 2 aliphatic rings. The Morgan fingerprint density at radius 1 is 1.38 bits per heavy atom. The Morgan fingerprint density at radius 3 is 3.06 bits per heavy atom. The van der Waals surface area contributed by atoms with E-state index in [0.29, 0.717) is 12.5 Å². The first-order valence-electron chi connectivity index (χ1n) is 6.88. The molecule has 2 saturated heterocycles. The second-order valence-electron chi connectivity index (χ2n) is 5.58. The van der Waals surface area contributed by atoms with Crippen molar-refractivity contribution in [2.24, 2.45) is 5.92 Å². The van der Waals surface area contributed by atoms with Crippen LogP contribution < -0.4 is 5.32 Å². The van der Waals surface area contributed by atoms with Crippen LogP contribution in [0.25, 0.3) is 0 Å². The molecule has 0 aromatic heterocycles. The Bertz CT molecular complexity index is 210. The average Bonchev–Trinajstić information content (AvgIpc) is 2.74. The van der Waals surface area contributed by atoms with Gasteiger partial charge in [0.2, 0.25) is 0 Å². The van der Waals surface area contributed by atoms with E-state index in [4.69, 9.17) is 5.11 Å². The summed E-state index contributed by atoms with van der Waals surface area (Å²) in [6.07, 6.45) is 6.38. The Balaban J connectivity index is 1.67. The Kier molecular flexibility index (Phi) is 4.62. The lowest BCUT2D eigenvalue weighted by Gasteiger charge is -2.35. The molecule has 0 spiro atoms. The number of piperidine rings is 1. The van der Waals surface area contributed by atoms with Gasteiger partial charge in [-0.05, 0) is 57.7 Å². The molecule has 0 bridgehead atoms. The predicted octanol–water partition coefficient (Wildman–Crippen LogP) is 1.22. The molecule has 2 fully saturated rings. The first kappa shape index (κ1) is 12.3. The molecule has 0 aliphatic carbocycles. The maximum atomic E-state index is 8.86. The molecule has 0 amide bonds. The van der Waals surface area contributed by atoms with Crippen LogP contribution in [0.5, 0.6) is 0 Å². The summed E-state index contributed by atoms with van der Waals surface area (Å²) in [5.74, 6) is 0.603.